The van der Waals surface area contributed by atoms with Crippen molar-refractivity contribution in [3.8, 4) is 28.4 Å². The van der Waals surface area contributed by atoms with Crippen LogP contribution in [0.5, 0.6) is 5.75 Å². The van der Waals surface area contributed by atoms with Gasteiger partial charge in [0.05, 0.1) is 19.0 Å². The molecular weight excluding hydrogens is 412 g/mol. The summed E-state index contributed by atoms with van der Waals surface area (Å²) in [4.78, 5) is 24.3. The van der Waals surface area contributed by atoms with Crippen molar-refractivity contribution in [3.05, 3.63) is 88.8 Å². The van der Waals surface area contributed by atoms with E-state index in [2.05, 4.69) is 20.3 Å². The minimum atomic E-state index is -0.189. The highest BCUT2D eigenvalue weighted by molar-refractivity contribution is 6.29. The van der Waals surface area contributed by atoms with Gasteiger partial charge in [-0.1, -0.05) is 48.0 Å². The molecule has 2 N–H and O–H groups in total. The molecule has 2 aromatic carbocycles. The number of aromatic nitrogens is 3. The first-order chi connectivity index (χ1) is 15.0. The van der Waals surface area contributed by atoms with Gasteiger partial charge in [0.15, 0.2) is 0 Å². The Bertz CT molecular complexity index is 1200. The number of amides is 1. The number of nitrogens with zero attached hydrogens (tertiary/aromatic N) is 2. The van der Waals surface area contributed by atoms with Crippen LogP contribution in [0.1, 0.15) is 21.6 Å². The molecule has 0 atom stereocenters. The number of H-pyrrole nitrogens is 1. The zero-order chi connectivity index (χ0) is 21.8. The largest absolute Gasteiger partial charge is 0.497 e. The topological polar surface area (TPSA) is 79.9 Å². The summed E-state index contributed by atoms with van der Waals surface area (Å²) in [5, 5.41) is 3.21. The summed E-state index contributed by atoms with van der Waals surface area (Å²) in [5.74, 6) is 1.38. The maximum Gasteiger partial charge on any atom is 0.251 e. The second-order valence-corrected chi connectivity index (χ2v) is 7.46. The standard InChI is InChI=1S/C24H21ClN4O2/c1-15-10-19(12-22(25)28-15)24(30)27-13-16-6-8-17(9-7-16)23-26-14-21(29-23)18-4-3-5-20(11-18)31-2/h3-12,14H,13H2,1-2H3,(H,26,29)(H,27,30). The number of benzene rings is 2. The Morgan fingerprint density at radius 2 is 1.90 bits per heavy atom. The summed E-state index contributed by atoms with van der Waals surface area (Å²) in [6.07, 6.45) is 1.81. The normalized spacial score (nSPS) is 10.7. The minimum Gasteiger partial charge on any atom is -0.497 e. The van der Waals surface area contributed by atoms with E-state index in [-0.39, 0.29) is 5.91 Å². The molecule has 1 amide bonds. The fourth-order valence-electron chi connectivity index (χ4n) is 3.23. The number of imidazole rings is 1. The van der Waals surface area contributed by atoms with E-state index in [1.807, 2.05) is 48.5 Å². The molecule has 0 aliphatic carbocycles. The summed E-state index contributed by atoms with van der Waals surface area (Å²) in [5.41, 5.74) is 5.05. The number of carbonyl (C=O) groups excluding carboxylic acids is 1. The minimum absolute atomic E-state index is 0.189. The van der Waals surface area contributed by atoms with E-state index in [1.54, 1.807) is 32.4 Å². The number of hydrogen-bond donors (Lipinski definition) is 2. The van der Waals surface area contributed by atoms with Gasteiger partial charge in [-0.25, -0.2) is 9.97 Å². The lowest BCUT2D eigenvalue weighted by Crippen LogP contribution is -2.23. The molecule has 4 aromatic rings. The molecule has 0 saturated carbocycles. The molecule has 2 aromatic heterocycles. The lowest BCUT2D eigenvalue weighted by molar-refractivity contribution is 0.0950. The second kappa shape index (κ2) is 9.02. The fraction of sp³-hybridized carbons (Fsp3) is 0.125. The Hall–Kier alpha value is -3.64. The number of carbonyl (C=O) groups is 1. The molecule has 2 heterocycles. The fourth-order valence-corrected chi connectivity index (χ4v) is 3.48. The van der Waals surface area contributed by atoms with Gasteiger partial charge in [0.2, 0.25) is 0 Å². The van der Waals surface area contributed by atoms with Crippen LogP contribution in [0, 0.1) is 6.92 Å². The van der Waals surface area contributed by atoms with E-state index in [9.17, 15) is 4.79 Å². The van der Waals surface area contributed by atoms with Crippen LogP contribution in [0.25, 0.3) is 22.6 Å². The Morgan fingerprint density at radius 3 is 2.65 bits per heavy atom. The zero-order valence-corrected chi connectivity index (χ0v) is 17.9. The Balaban J connectivity index is 1.42. The van der Waals surface area contributed by atoms with E-state index in [0.29, 0.717) is 23.0 Å². The molecule has 6 nitrogen and oxygen atoms in total. The van der Waals surface area contributed by atoms with Gasteiger partial charge in [0.25, 0.3) is 5.91 Å². The van der Waals surface area contributed by atoms with E-state index >= 15 is 0 Å². The van der Waals surface area contributed by atoms with Crippen LogP contribution in [0.15, 0.2) is 66.9 Å². The predicted octanol–water partition coefficient (Wildman–Crippen LogP) is 5.04. The second-order valence-electron chi connectivity index (χ2n) is 7.08. The van der Waals surface area contributed by atoms with Crippen LogP contribution in [0.2, 0.25) is 5.15 Å². The molecule has 0 spiro atoms. The quantitative estimate of drug-likeness (QED) is 0.418. The zero-order valence-electron chi connectivity index (χ0n) is 17.1. The van der Waals surface area contributed by atoms with Gasteiger partial charge in [0, 0.05) is 28.9 Å². The van der Waals surface area contributed by atoms with Gasteiger partial charge < -0.3 is 15.0 Å². The molecule has 0 saturated heterocycles. The number of methoxy groups -OCH3 is 1. The van der Waals surface area contributed by atoms with Crippen LogP contribution in [-0.4, -0.2) is 28.0 Å². The van der Waals surface area contributed by atoms with Crippen molar-refractivity contribution in [2.45, 2.75) is 13.5 Å². The van der Waals surface area contributed by atoms with Crippen LogP contribution in [-0.2, 0) is 6.54 Å². The van der Waals surface area contributed by atoms with Gasteiger partial charge in [-0.05, 0) is 36.8 Å². The van der Waals surface area contributed by atoms with Gasteiger partial charge in [-0.3, -0.25) is 4.79 Å². The van der Waals surface area contributed by atoms with Gasteiger partial charge >= 0.3 is 0 Å². The highest BCUT2D eigenvalue weighted by Crippen LogP contribution is 2.25. The molecule has 156 valence electrons. The van der Waals surface area contributed by atoms with Crippen molar-refractivity contribution in [1.29, 1.82) is 0 Å². The number of rotatable bonds is 6. The third-order valence-electron chi connectivity index (χ3n) is 4.82. The molecule has 0 fully saturated rings. The summed E-state index contributed by atoms with van der Waals surface area (Å²) >= 11 is 5.94. The Labute approximate surface area is 185 Å². The highest BCUT2D eigenvalue weighted by atomic mass is 35.5. The molecule has 0 bridgehead atoms. The number of ether oxygens (including phenoxy) is 1. The van der Waals surface area contributed by atoms with Crippen LogP contribution >= 0.6 is 11.6 Å². The maximum absolute atomic E-state index is 12.4. The number of pyridine rings is 1. The average molecular weight is 433 g/mol. The molecule has 0 aliphatic heterocycles. The predicted molar refractivity (Wildman–Crippen MR) is 121 cm³/mol. The van der Waals surface area contributed by atoms with E-state index in [0.717, 1.165) is 34.0 Å². The van der Waals surface area contributed by atoms with Crippen molar-refractivity contribution in [3.63, 3.8) is 0 Å². The van der Waals surface area contributed by atoms with Gasteiger partial charge in [0.1, 0.15) is 16.7 Å². The molecular formula is C24H21ClN4O2. The van der Waals surface area contributed by atoms with Crippen molar-refractivity contribution in [2.75, 3.05) is 7.11 Å². The number of aryl methyl sites for hydroxylation is 1. The molecule has 7 heteroatoms. The molecule has 31 heavy (non-hydrogen) atoms. The smallest absolute Gasteiger partial charge is 0.251 e. The number of nitrogens with one attached hydrogen (secondary N) is 2. The first-order valence-electron chi connectivity index (χ1n) is 9.73. The molecule has 4 rings (SSSR count). The van der Waals surface area contributed by atoms with Gasteiger partial charge in [-0.2, -0.15) is 0 Å². The average Bonchev–Trinajstić information content (AvgIpc) is 3.27. The van der Waals surface area contributed by atoms with Crippen LogP contribution in [0.3, 0.4) is 0 Å². The first kappa shape index (κ1) is 20.6. The van der Waals surface area contributed by atoms with Crippen molar-refractivity contribution in [1.82, 2.24) is 20.3 Å². The van der Waals surface area contributed by atoms with Gasteiger partial charge in [-0.15, -0.1) is 0 Å². The Morgan fingerprint density at radius 1 is 1.10 bits per heavy atom. The summed E-state index contributed by atoms with van der Waals surface area (Å²) in [6, 6.07) is 19.0. The first-order valence-corrected chi connectivity index (χ1v) is 10.1. The maximum atomic E-state index is 12.4. The van der Waals surface area contributed by atoms with E-state index in [1.165, 1.54) is 0 Å². The van der Waals surface area contributed by atoms with Crippen LogP contribution in [0.4, 0.5) is 0 Å². The van der Waals surface area contributed by atoms with E-state index in [4.69, 9.17) is 16.3 Å². The van der Waals surface area contributed by atoms with Crippen molar-refractivity contribution in [2.24, 2.45) is 0 Å². The summed E-state index contributed by atoms with van der Waals surface area (Å²) in [6.45, 7) is 2.21. The highest BCUT2D eigenvalue weighted by Gasteiger charge is 2.09. The Kier molecular flexibility index (Phi) is 6.00. The van der Waals surface area contributed by atoms with E-state index < -0.39 is 0 Å². The number of hydrogen-bond acceptors (Lipinski definition) is 4. The molecule has 0 radical (unpaired) electrons. The molecule has 0 aliphatic rings. The van der Waals surface area contributed by atoms with Crippen molar-refractivity contribution >= 4 is 17.5 Å². The number of aromatic amines is 1. The molecule has 0 unspecified atom stereocenters. The van der Waals surface area contributed by atoms with Crippen molar-refractivity contribution < 1.29 is 9.53 Å². The summed E-state index contributed by atoms with van der Waals surface area (Å²) in [7, 11) is 1.65. The third kappa shape index (κ3) is 4.92. The van der Waals surface area contributed by atoms with Crippen LogP contribution < -0.4 is 10.1 Å². The lowest BCUT2D eigenvalue weighted by Gasteiger charge is -2.07. The summed E-state index contributed by atoms with van der Waals surface area (Å²) < 4.78 is 5.29. The monoisotopic (exact) mass is 432 g/mol. The lowest BCUT2D eigenvalue weighted by atomic mass is 10.1. The SMILES string of the molecule is COc1cccc(-c2cnc(-c3ccc(CNC(=O)c4cc(C)nc(Cl)c4)cc3)[nH]2)c1. The third-order valence-corrected chi connectivity index (χ3v) is 5.01. The number of halogens is 1.